The average molecular weight is 350 g/mol. The van der Waals surface area contributed by atoms with Crippen LogP contribution in [0, 0.1) is 5.92 Å². The summed E-state index contributed by atoms with van der Waals surface area (Å²) in [4.78, 5) is 13.5. The second kappa shape index (κ2) is 5.39. The smallest absolute Gasteiger partial charge is 0.368 e. The summed E-state index contributed by atoms with van der Waals surface area (Å²) in [5.41, 5.74) is -0.183. The van der Waals surface area contributed by atoms with Crippen LogP contribution in [0.2, 0.25) is 0 Å². The lowest BCUT2D eigenvalue weighted by Crippen LogP contribution is -2.47. The Labute approximate surface area is 124 Å². The molecule has 1 aliphatic heterocycles. The second-order valence-corrected chi connectivity index (χ2v) is 6.05. The van der Waals surface area contributed by atoms with E-state index < -0.39 is 11.7 Å². The van der Waals surface area contributed by atoms with Crippen LogP contribution in [0.5, 0.6) is 0 Å². The molecule has 0 aromatic heterocycles. The highest BCUT2D eigenvalue weighted by Crippen LogP contribution is 2.36. The minimum atomic E-state index is -4.38. The Morgan fingerprint density at radius 1 is 1.25 bits per heavy atom. The van der Waals surface area contributed by atoms with Crippen LogP contribution in [0.25, 0.3) is 0 Å². The molecular formula is C14H15BrF3NO. The van der Waals surface area contributed by atoms with Crippen molar-refractivity contribution in [1.29, 1.82) is 0 Å². The summed E-state index contributed by atoms with van der Waals surface area (Å²) in [6, 6.07) is 3.76. The van der Waals surface area contributed by atoms with E-state index in [1.807, 2.05) is 18.7 Å². The second-order valence-electron chi connectivity index (χ2n) is 5.13. The highest BCUT2D eigenvalue weighted by atomic mass is 79.9. The van der Waals surface area contributed by atoms with E-state index in [1.165, 1.54) is 0 Å². The fourth-order valence-corrected chi connectivity index (χ4v) is 2.95. The van der Waals surface area contributed by atoms with Crippen molar-refractivity contribution in [1.82, 2.24) is 0 Å². The van der Waals surface area contributed by atoms with Gasteiger partial charge in [0.2, 0.25) is 0 Å². The number of hydrogen-bond acceptors (Lipinski definition) is 2. The molecule has 20 heavy (non-hydrogen) atoms. The van der Waals surface area contributed by atoms with Crippen molar-refractivity contribution in [3.05, 3.63) is 28.2 Å². The zero-order valence-corrected chi connectivity index (χ0v) is 12.8. The molecule has 2 atom stereocenters. The van der Waals surface area contributed by atoms with E-state index in [0.717, 1.165) is 12.1 Å². The molecule has 1 aliphatic rings. The number of rotatable bonds is 1. The van der Waals surface area contributed by atoms with E-state index in [-0.39, 0.29) is 17.7 Å². The van der Waals surface area contributed by atoms with Gasteiger partial charge in [0.1, 0.15) is 5.78 Å². The fourth-order valence-electron chi connectivity index (χ4n) is 2.47. The van der Waals surface area contributed by atoms with Crippen LogP contribution in [0.4, 0.5) is 18.9 Å². The van der Waals surface area contributed by atoms with Gasteiger partial charge in [-0.1, -0.05) is 22.9 Å². The first-order valence-corrected chi connectivity index (χ1v) is 7.16. The summed E-state index contributed by atoms with van der Waals surface area (Å²) in [6.07, 6.45) is -4.00. The molecule has 6 heteroatoms. The van der Waals surface area contributed by atoms with Crippen LogP contribution in [0.1, 0.15) is 25.8 Å². The number of carbonyl (C=O) groups excluding carboxylic acids is 1. The van der Waals surface area contributed by atoms with Gasteiger partial charge in [0, 0.05) is 35.1 Å². The van der Waals surface area contributed by atoms with Crippen LogP contribution < -0.4 is 4.90 Å². The van der Waals surface area contributed by atoms with E-state index in [4.69, 9.17) is 0 Å². The van der Waals surface area contributed by atoms with Gasteiger partial charge in [-0.15, -0.1) is 0 Å². The zero-order chi connectivity index (χ0) is 15.1. The molecule has 0 N–H and O–H groups in total. The van der Waals surface area contributed by atoms with Gasteiger partial charge < -0.3 is 4.90 Å². The molecule has 1 aromatic carbocycles. The summed E-state index contributed by atoms with van der Waals surface area (Å²) in [7, 11) is 0. The molecular weight excluding hydrogens is 335 g/mol. The Bertz CT molecular complexity index is 530. The van der Waals surface area contributed by atoms with Crippen LogP contribution in [-0.4, -0.2) is 18.4 Å². The number of carbonyl (C=O) groups is 1. The van der Waals surface area contributed by atoms with Gasteiger partial charge in [-0.05, 0) is 25.1 Å². The number of ketones is 1. The maximum Gasteiger partial charge on any atom is 0.416 e. The number of anilines is 1. The Hall–Kier alpha value is -1.04. The third-order valence-electron chi connectivity index (χ3n) is 3.86. The van der Waals surface area contributed by atoms with Crippen LogP contribution in [-0.2, 0) is 11.0 Å². The predicted molar refractivity (Wildman–Crippen MR) is 74.7 cm³/mol. The molecule has 0 bridgehead atoms. The van der Waals surface area contributed by atoms with Gasteiger partial charge in [0.25, 0.3) is 0 Å². The summed E-state index contributed by atoms with van der Waals surface area (Å²) in [5, 5.41) is 0. The maximum absolute atomic E-state index is 12.9. The van der Waals surface area contributed by atoms with Gasteiger partial charge in [0.05, 0.1) is 5.56 Å². The molecule has 1 fully saturated rings. The van der Waals surface area contributed by atoms with Crippen LogP contribution >= 0.6 is 15.9 Å². The SMILES string of the molecule is CC1C(=O)CCN(c2cc(Br)cc(C(F)(F)F)c2)C1C. The Morgan fingerprint density at radius 2 is 1.90 bits per heavy atom. The molecule has 110 valence electrons. The number of halogens is 4. The predicted octanol–water partition coefficient (Wildman–Crippen LogP) is 4.27. The van der Waals surface area contributed by atoms with Gasteiger partial charge in [-0.2, -0.15) is 13.2 Å². The van der Waals surface area contributed by atoms with Gasteiger partial charge >= 0.3 is 6.18 Å². The standard InChI is InChI=1S/C14H15BrF3NO/c1-8-9(2)19(4-3-13(8)20)12-6-10(14(16,17)18)5-11(15)7-12/h5-9H,3-4H2,1-2H3. The fraction of sp³-hybridized carbons (Fsp3) is 0.500. The summed E-state index contributed by atoms with van der Waals surface area (Å²) < 4.78 is 39.0. The molecule has 2 nitrogen and oxygen atoms in total. The number of benzene rings is 1. The summed E-state index contributed by atoms with van der Waals surface area (Å²) >= 11 is 3.13. The van der Waals surface area contributed by atoms with Gasteiger partial charge in [0.15, 0.2) is 0 Å². The lowest BCUT2D eigenvalue weighted by atomic mass is 9.90. The summed E-state index contributed by atoms with van der Waals surface area (Å²) in [5.74, 6) is -0.00291. The normalized spacial score (nSPS) is 24.1. The maximum atomic E-state index is 12.9. The lowest BCUT2D eigenvalue weighted by molar-refractivity contribution is -0.137. The van der Waals surface area contributed by atoms with E-state index in [2.05, 4.69) is 15.9 Å². The van der Waals surface area contributed by atoms with E-state index in [0.29, 0.717) is 23.1 Å². The third-order valence-corrected chi connectivity index (χ3v) is 4.32. The molecule has 2 rings (SSSR count). The van der Waals surface area contributed by atoms with E-state index >= 15 is 0 Å². The zero-order valence-electron chi connectivity index (χ0n) is 11.2. The van der Waals surface area contributed by atoms with Crippen molar-refractivity contribution in [3.8, 4) is 0 Å². The molecule has 0 radical (unpaired) electrons. The Morgan fingerprint density at radius 3 is 2.50 bits per heavy atom. The highest BCUT2D eigenvalue weighted by Gasteiger charge is 2.34. The van der Waals surface area contributed by atoms with Crippen molar-refractivity contribution in [2.24, 2.45) is 5.92 Å². The molecule has 0 saturated carbocycles. The minimum Gasteiger partial charge on any atom is -0.368 e. The molecule has 1 heterocycles. The number of piperidine rings is 1. The van der Waals surface area contributed by atoms with Crippen molar-refractivity contribution in [2.75, 3.05) is 11.4 Å². The van der Waals surface area contributed by atoms with Crippen molar-refractivity contribution >= 4 is 27.4 Å². The number of alkyl halides is 3. The molecule has 0 aliphatic carbocycles. The van der Waals surface area contributed by atoms with E-state index in [9.17, 15) is 18.0 Å². The number of hydrogen-bond donors (Lipinski definition) is 0. The monoisotopic (exact) mass is 349 g/mol. The van der Waals surface area contributed by atoms with Crippen molar-refractivity contribution in [3.63, 3.8) is 0 Å². The quantitative estimate of drug-likeness (QED) is 0.754. The Kier molecular flexibility index (Phi) is 4.14. The van der Waals surface area contributed by atoms with Crippen LogP contribution in [0.15, 0.2) is 22.7 Å². The molecule has 2 unspecified atom stereocenters. The highest BCUT2D eigenvalue weighted by molar-refractivity contribution is 9.10. The Balaban J connectivity index is 2.38. The first-order chi connectivity index (χ1) is 9.20. The van der Waals surface area contributed by atoms with Gasteiger partial charge in [-0.25, -0.2) is 0 Å². The lowest BCUT2D eigenvalue weighted by Gasteiger charge is -2.39. The molecule has 0 spiro atoms. The van der Waals surface area contributed by atoms with Crippen molar-refractivity contribution in [2.45, 2.75) is 32.5 Å². The molecule has 0 amide bonds. The summed E-state index contributed by atoms with van der Waals surface area (Å²) in [6.45, 7) is 4.15. The number of Topliss-reactive ketones (excluding diaryl/α,β-unsaturated/α-hetero) is 1. The van der Waals surface area contributed by atoms with E-state index in [1.54, 1.807) is 6.07 Å². The largest absolute Gasteiger partial charge is 0.416 e. The first-order valence-electron chi connectivity index (χ1n) is 6.37. The topological polar surface area (TPSA) is 20.3 Å². The molecule has 1 saturated heterocycles. The third kappa shape index (κ3) is 3.00. The number of nitrogens with zero attached hydrogens (tertiary/aromatic N) is 1. The first kappa shape index (κ1) is 15.4. The minimum absolute atomic E-state index is 0.105. The average Bonchev–Trinajstić information content (AvgIpc) is 2.34. The van der Waals surface area contributed by atoms with Crippen LogP contribution in [0.3, 0.4) is 0 Å². The molecule has 1 aromatic rings. The van der Waals surface area contributed by atoms with Crippen molar-refractivity contribution < 1.29 is 18.0 Å². The van der Waals surface area contributed by atoms with Gasteiger partial charge in [-0.3, -0.25) is 4.79 Å².